The molecule has 0 aromatic heterocycles. The Morgan fingerprint density at radius 2 is 1.84 bits per heavy atom. The molecule has 0 heterocycles. The maximum atomic E-state index is 12.2. The lowest BCUT2D eigenvalue weighted by Crippen LogP contribution is -2.13. The van der Waals surface area contributed by atoms with Gasteiger partial charge in [-0.15, -0.1) is 0 Å². The Labute approximate surface area is 120 Å². The van der Waals surface area contributed by atoms with E-state index in [0.717, 1.165) is 5.56 Å². The topological polar surface area (TPSA) is 66.4 Å². The number of hydrogen-bond donors (Lipinski definition) is 2. The number of phenols is 1. The standard InChI is InChI=1S/C13H12BrNO3S/c1-9-4-2-7-12(13(9)14)15-19(17,18)11-6-3-5-10(16)8-11/h2-8,15-16H,1H3. The van der Waals surface area contributed by atoms with E-state index in [4.69, 9.17) is 0 Å². The van der Waals surface area contributed by atoms with Crippen LogP contribution in [0, 0.1) is 6.92 Å². The summed E-state index contributed by atoms with van der Waals surface area (Å²) in [6.07, 6.45) is 0. The summed E-state index contributed by atoms with van der Waals surface area (Å²) in [6.45, 7) is 1.87. The number of aromatic hydroxyl groups is 1. The molecule has 6 heteroatoms. The molecule has 4 nitrogen and oxygen atoms in total. The molecule has 0 amide bonds. The van der Waals surface area contributed by atoms with Crippen molar-refractivity contribution < 1.29 is 13.5 Å². The highest BCUT2D eigenvalue weighted by Crippen LogP contribution is 2.28. The molecular formula is C13H12BrNO3S. The van der Waals surface area contributed by atoms with Gasteiger partial charge in [0.2, 0.25) is 0 Å². The molecule has 19 heavy (non-hydrogen) atoms. The number of halogens is 1. The fraction of sp³-hybridized carbons (Fsp3) is 0.0769. The molecule has 0 saturated carbocycles. The predicted molar refractivity (Wildman–Crippen MR) is 77.8 cm³/mol. The van der Waals surface area contributed by atoms with Gasteiger partial charge in [0.05, 0.1) is 10.6 Å². The van der Waals surface area contributed by atoms with Crippen LogP contribution in [0.2, 0.25) is 0 Å². The first-order valence-corrected chi connectivity index (χ1v) is 7.75. The first-order chi connectivity index (χ1) is 8.90. The van der Waals surface area contributed by atoms with Crippen LogP contribution in [0.5, 0.6) is 5.75 Å². The van der Waals surface area contributed by atoms with Crippen LogP contribution in [0.4, 0.5) is 5.69 Å². The summed E-state index contributed by atoms with van der Waals surface area (Å²) < 4.78 is 27.5. The van der Waals surface area contributed by atoms with E-state index in [1.165, 1.54) is 24.3 Å². The van der Waals surface area contributed by atoms with Gasteiger partial charge in [-0.2, -0.15) is 0 Å². The highest BCUT2D eigenvalue weighted by Gasteiger charge is 2.16. The molecule has 2 aromatic carbocycles. The second-order valence-electron chi connectivity index (χ2n) is 4.04. The summed E-state index contributed by atoms with van der Waals surface area (Å²) in [7, 11) is -3.72. The molecule has 0 fully saturated rings. The van der Waals surface area contributed by atoms with E-state index in [1.807, 2.05) is 13.0 Å². The van der Waals surface area contributed by atoms with E-state index in [-0.39, 0.29) is 10.6 Å². The lowest BCUT2D eigenvalue weighted by Gasteiger charge is -2.11. The maximum absolute atomic E-state index is 12.2. The Hall–Kier alpha value is -1.53. The third-order valence-corrected chi connectivity index (χ3v) is 4.98. The van der Waals surface area contributed by atoms with Gasteiger partial charge in [0.1, 0.15) is 5.75 Å². The number of hydrogen-bond acceptors (Lipinski definition) is 3. The summed E-state index contributed by atoms with van der Waals surface area (Å²) in [5.41, 5.74) is 1.39. The van der Waals surface area contributed by atoms with Gasteiger partial charge in [-0.05, 0) is 46.6 Å². The number of sulfonamides is 1. The van der Waals surface area contributed by atoms with Crippen molar-refractivity contribution in [3.05, 3.63) is 52.5 Å². The van der Waals surface area contributed by atoms with Crippen molar-refractivity contribution >= 4 is 31.6 Å². The number of aryl methyl sites for hydroxylation is 1. The average molecular weight is 342 g/mol. The van der Waals surface area contributed by atoms with E-state index in [2.05, 4.69) is 20.7 Å². The van der Waals surface area contributed by atoms with Crippen LogP contribution >= 0.6 is 15.9 Å². The molecule has 2 N–H and O–H groups in total. The van der Waals surface area contributed by atoms with Crippen molar-refractivity contribution in [2.24, 2.45) is 0 Å². The molecule has 2 rings (SSSR count). The Morgan fingerprint density at radius 1 is 1.16 bits per heavy atom. The molecule has 0 radical (unpaired) electrons. The summed E-state index contributed by atoms with van der Waals surface area (Å²) in [6, 6.07) is 10.8. The van der Waals surface area contributed by atoms with Crippen molar-refractivity contribution in [2.75, 3.05) is 4.72 Å². The molecule has 100 valence electrons. The first kappa shape index (κ1) is 13.9. The molecule has 0 unspecified atom stereocenters. The number of nitrogens with one attached hydrogen (secondary N) is 1. The van der Waals surface area contributed by atoms with Crippen LogP contribution in [-0.2, 0) is 10.0 Å². The number of anilines is 1. The van der Waals surface area contributed by atoms with Crippen LogP contribution in [0.15, 0.2) is 51.8 Å². The summed E-state index contributed by atoms with van der Waals surface area (Å²) in [5, 5.41) is 9.34. The number of rotatable bonds is 3. The SMILES string of the molecule is Cc1cccc(NS(=O)(=O)c2cccc(O)c2)c1Br. The van der Waals surface area contributed by atoms with Gasteiger partial charge in [-0.25, -0.2) is 8.42 Å². The third kappa shape index (κ3) is 3.08. The lowest BCUT2D eigenvalue weighted by atomic mass is 10.2. The fourth-order valence-electron chi connectivity index (χ4n) is 1.58. The van der Waals surface area contributed by atoms with Crippen molar-refractivity contribution in [2.45, 2.75) is 11.8 Å². The van der Waals surface area contributed by atoms with Crippen molar-refractivity contribution in [1.82, 2.24) is 0 Å². The van der Waals surface area contributed by atoms with Crippen LogP contribution < -0.4 is 4.72 Å². The summed E-state index contributed by atoms with van der Waals surface area (Å²) in [4.78, 5) is 0.0147. The van der Waals surface area contributed by atoms with Crippen LogP contribution in [0.25, 0.3) is 0 Å². The molecule has 0 aliphatic carbocycles. The molecule has 0 saturated heterocycles. The van der Waals surface area contributed by atoms with E-state index in [9.17, 15) is 13.5 Å². The quantitative estimate of drug-likeness (QED) is 0.900. The fourth-order valence-corrected chi connectivity index (χ4v) is 3.19. The van der Waals surface area contributed by atoms with Gasteiger partial charge in [-0.1, -0.05) is 18.2 Å². The molecule has 0 spiro atoms. The van der Waals surface area contributed by atoms with Crippen molar-refractivity contribution in [3.63, 3.8) is 0 Å². The third-order valence-electron chi connectivity index (χ3n) is 2.56. The van der Waals surface area contributed by atoms with Crippen LogP contribution in [0.3, 0.4) is 0 Å². The highest BCUT2D eigenvalue weighted by molar-refractivity contribution is 9.10. The van der Waals surface area contributed by atoms with Gasteiger partial charge < -0.3 is 5.11 Å². The first-order valence-electron chi connectivity index (χ1n) is 5.47. The molecular weight excluding hydrogens is 330 g/mol. The van der Waals surface area contributed by atoms with Crippen LogP contribution in [-0.4, -0.2) is 13.5 Å². The van der Waals surface area contributed by atoms with E-state index < -0.39 is 10.0 Å². The minimum Gasteiger partial charge on any atom is -0.508 e. The van der Waals surface area contributed by atoms with Crippen LogP contribution in [0.1, 0.15) is 5.56 Å². The summed E-state index contributed by atoms with van der Waals surface area (Å²) >= 11 is 3.34. The monoisotopic (exact) mass is 341 g/mol. The lowest BCUT2D eigenvalue weighted by molar-refractivity contribution is 0.473. The molecule has 0 bridgehead atoms. The summed E-state index contributed by atoms with van der Waals surface area (Å²) in [5.74, 6) is -0.0915. The smallest absolute Gasteiger partial charge is 0.262 e. The van der Waals surface area contributed by atoms with Crippen molar-refractivity contribution in [3.8, 4) is 5.75 Å². The van der Waals surface area contributed by atoms with Gasteiger partial charge in [0.15, 0.2) is 0 Å². The molecule has 0 aliphatic rings. The van der Waals surface area contributed by atoms with Gasteiger partial charge in [0.25, 0.3) is 10.0 Å². The zero-order valence-electron chi connectivity index (χ0n) is 10.1. The van der Waals surface area contributed by atoms with Gasteiger partial charge in [-0.3, -0.25) is 4.72 Å². The van der Waals surface area contributed by atoms with E-state index in [1.54, 1.807) is 12.1 Å². The maximum Gasteiger partial charge on any atom is 0.262 e. The van der Waals surface area contributed by atoms with Gasteiger partial charge in [0, 0.05) is 10.5 Å². The second-order valence-corrected chi connectivity index (χ2v) is 6.51. The Balaban J connectivity index is 2.39. The zero-order valence-corrected chi connectivity index (χ0v) is 12.5. The minimum atomic E-state index is -3.72. The average Bonchev–Trinajstić information content (AvgIpc) is 2.35. The van der Waals surface area contributed by atoms with E-state index >= 15 is 0 Å². The predicted octanol–water partition coefficient (Wildman–Crippen LogP) is 3.26. The normalized spacial score (nSPS) is 11.3. The largest absolute Gasteiger partial charge is 0.508 e. The Morgan fingerprint density at radius 3 is 2.53 bits per heavy atom. The molecule has 0 atom stereocenters. The molecule has 2 aromatic rings. The van der Waals surface area contributed by atoms with Gasteiger partial charge >= 0.3 is 0 Å². The Kier molecular flexibility index (Phi) is 3.82. The van der Waals surface area contributed by atoms with Crippen molar-refractivity contribution in [1.29, 1.82) is 0 Å². The molecule has 0 aliphatic heterocycles. The number of phenolic OH excluding ortho intramolecular Hbond substituents is 1. The van der Waals surface area contributed by atoms with E-state index in [0.29, 0.717) is 10.2 Å². The Bertz CT molecular complexity index is 714. The number of benzene rings is 2. The minimum absolute atomic E-state index is 0.0147. The highest BCUT2D eigenvalue weighted by atomic mass is 79.9. The second kappa shape index (κ2) is 5.22. The zero-order chi connectivity index (χ0) is 14.0.